The maximum atomic E-state index is 12.1. The molecule has 1 aliphatic heterocycles. The van der Waals surface area contributed by atoms with E-state index < -0.39 is 32.5 Å². The number of primary amides is 1. The van der Waals surface area contributed by atoms with E-state index in [1.54, 1.807) is 6.07 Å². The van der Waals surface area contributed by atoms with Gasteiger partial charge in [0.15, 0.2) is 8.32 Å². The van der Waals surface area contributed by atoms with Gasteiger partial charge >= 0.3 is 7.12 Å². The van der Waals surface area contributed by atoms with Crippen LogP contribution < -0.4 is 11.2 Å². The van der Waals surface area contributed by atoms with E-state index in [0.717, 1.165) is 11.0 Å². The third-order valence-electron chi connectivity index (χ3n) is 6.37. The van der Waals surface area contributed by atoms with Gasteiger partial charge in [-0.05, 0) is 62.9 Å². The molecule has 1 saturated heterocycles. The molecule has 0 unspecified atom stereocenters. The van der Waals surface area contributed by atoms with Gasteiger partial charge in [-0.3, -0.25) is 4.79 Å². The molecule has 7 heteroatoms. The van der Waals surface area contributed by atoms with Gasteiger partial charge in [-0.15, -0.1) is 0 Å². The smallest absolute Gasteiger partial charge is 0.413 e. The molecule has 27 heavy (non-hydrogen) atoms. The lowest BCUT2D eigenvalue weighted by Crippen LogP contribution is -2.43. The van der Waals surface area contributed by atoms with Crippen molar-refractivity contribution in [3.05, 3.63) is 29.3 Å². The maximum absolute atomic E-state index is 12.1. The van der Waals surface area contributed by atoms with E-state index in [2.05, 4.69) is 33.9 Å². The van der Waals surface area contributed by atoms with Gasteiger partial charge < -0.3 is 19.5 Å². The number of nitrogens with two attached hydrogens (primary N) is 1. The van der Waals surface area contributed by atoms with Crippen molar-refractivity contribution >= 4 is 26.8 Å². The first kappa shape index (κ1) is 22.1. The lowest BCUT2D eigenvalue weighted by atomic mass is 9.74. The van der Waals surface area contributed by atoms with Crippen molar-refractivity contribution < 1.29 is 18.5 Å². The SMILES string of the molecule is CC1(C)OB(c2cccc(C(N)=O)c2CO[Si](C)(C)C(C)(C)C)OC1(C)C. The Morgan fingerprint density at radius 1 is 1.15 bits per heavy atom. The van der Waals surface area contributed by atoms with Crippen LogP contribution in [0.15, 0.2) is 18.2 Å². The molecule has 0 spiro atoms. The van der Waals surface area contributed by atoms with Crippen molar-refractivity contribution in [2.24, 2.45) is 5.73 Å². The van der Waals surface area contributed by atoms with Crippen LogP contribution in [-0.2, 0) is 20.3 Å². The molecule has 0 aromatic heterocycles. The van der Waals surface area contributed by atoms with E-state index in [4.69, 9.17) is 19.5 Å². The molecule has 0 saturated carbocycles. The second-order valence-corrected chi connectivity index (χ2v) is 14.7. The summed E-state index contributed by atoms with van der Waals surface area (Å²) in [6.07, 6.45) is 0. The van der Waals surface area contributed by atoms with Crippen molar-refractivity contribution in [3.63, 3.8) is 0 Å². The summed E-state index contributed by atoms with van der Waals surface area (Å²) in [5, 5.41) is 0.0686. The van der Waals surface area contributed by atoms with Crippen LogP contribution >= 0.6 is 0 Å². The molecule has 1 aromatic carbocycles. The highest BCUT2D eigenvalue weighted by molar-refractivity contribution is 6.74. The average molecular weight is 391 g/mol. The maximum Gasteiger partial charge on any atom is 0.495 e. The summed E-state index contributed by atoms with van der Waals surface area (Å²) >= 11 is 0. The topological polar surface area (TPSA) is 70.8 Å². The lowest BCUT2D eigenvalue weighted by Gasteiger charge is -2.36. The van der Waals surface area contributed by atoms with Crippen molar-refractivity contribution in [1.29, 1.82) is 0 Å². The van der Waals surface area contributed by atoms with E-state index in [9.17, 15) is 4.79 Å². The predicted octanol–water partition coefficient (Wildman–Crippen LogP) is 3.61. The van der Waals surface area contributed by atoms with Crippen LogP contribution in [0.3, 0.4) is 0 Å². The molecule has 0 bridgehead atoms. The molecule has 2 N–H and O–H groups in total. The Hall–Kier alpha value is -1.15. The van der Waals surface area contributed by atoms with Crippen LogP contribution in [0, 0.1) is 0 Å². The quantitative estimate of drug-likeness (QED) is 0.779. The van der Waals surface area contributed by atoms with Crippen molar-refractivity contribution in [3.8, 4) is 0 Å². The highest BCUT2D eigenvalue weighted by atomic mass is 28.4. The normalized spacial score (nSPS) is 19.4. The molecular formula is C20H34BNO4Si. The monoisotopic (exact) mass is 391 g/mol. The van der Waals surface area contributed by atoms with E-state index in [0.29, 0.717) is 12.2 Å². The number of carbonyl (C=O) groups excluding carboxylic acids is 1. The molecule has 150 valence electrons. The van der Waals surface area contributed by atoms with E-state index >= 15 is 0 Å². The fraction of sp³-hybridized carbons (Fsp3) is 0.650. The van der Waals surface area contributed by atoms with Gasteiger partial charge in [0.25, 0.3) is 0 Å². The Morgan fingerprint density at radius 2 is 1.67 bits per heavy atom. The zero-order valence-electron chi connectivity index (χ0n) is 18.2. The summed E-state index contributed by atoms with van der Waals surface area (Å²) in [4.78, 5) is 12.1. The number of hydrogen-bond donors (Lipinski definition) is 1. The summed E-state index contributed by atoms with van der Waals surface area (Å²) < 4.78 is 18.8. The Morgan fingerprint density at radius 3 is 2.11 bits per heavy atom. The highest BCUT2D eigenvalue weighted by Crippen LogP contribution is 2.38. The number of amides is 1. The third kappa shape index (κ3) is 4.31. The van der Waals surface area contributed by atoms with E-state index in [1.165, 1.54) is 0 Å². The first-order valence-corrected chi connectivity index (χ1v) is 12.4. The Kier molecular flexibility index (Phi) is 5.76. The summed E-state index contributed by atoms with van der Waals surface area (Å²) in [7, 11) is -2.56. The van der Waals surface area contributed by atoms with E-state index in [-0.39, 0.29) is 5.04 Å². The minimum Gasteiger partial charge on any atom is -0.413 e. The summed E-state index contributed by atoms with van der Waals surface area (Å²) in [5.74, 6) is -0.470. The lowest BCUT2D eigenvalue weighted by molar-refractivity contribution is 0.00578. The number of benzene rings is 1. The average Bonchev–Trinajstić information content (AvgIpc) is 2.71. The molecule has 0 aliphatic carbocycles. The Balaban J connectivity index is 2.43. The predicted molar refractivity (Wildman–Crippen MR) is 113 cm³/mol. The molecule has 0 radical (unpaired) electrons. The first-order chi connectivity index (χ1) is 12.1. The van der Waals surface area contributed by atoms with E-state index in [1.807, 2.05) is 39.8 Å². The van der Waals surface area contributed by atoms with Gasteiger partial charge in [0, 0.05) is 5.56 Å². The minimum atomic E-state index is -2.00. The van der Waals surface area contributed by atoms with Crippen LogP contribution in [0.2, 0.25) is 18.1 Å². The second-order valence-electron chi connectivity index (χ2n) is 9.87. The fourth-order valence-electron chi connectivity index (χ4n) is 2.66. The summed E-state index contributed by atoms with van der Waals surface area (Å²) in [5.41, 5.74) is 6.75. The molecule has 1 heterocycles. The van der Waals surface area contributed by atoms with Gasteiger partial charge in [-0.2, -0.15) is 0 Å². The Bertz CT molecular complexity index is 709. The molecule has 2 rings (SSSR count). The zero-order chi connectivity index (χ0) is 20.8. The van der Waals surface area contributed by atoms with Gasteiger partial charge in [-0.25, -0.2) is 0 Å². The van der Waals surface area contributed by atoms with Gasteiger partial charge in [0.1, 0.15) is 0 Å². The molecule has 1 aromatic rings. The van der Waals surface area contributed by atoms with Gasteiger partial charge in [-0.1, -0.05) is 32.9 Å². The van der Waals surface area contributed by atoms with Crippen LogP contribution in [0.5, 0.6) is 0 Å². The number of hydrogen-bond acceptors (Lipinski definition) is 4. The first-order valence-electron chi connectivity index (χ1n) is 9.50. The number of rotatable bonds is 5. The van der Waals surface area contributed by atoms with Crippen molar-refractivity contribution in [1.82, 2.24) is 0 Å². The van der Waals surface area contributed by atoms with Crippen LogP contribution in [0.1, 0.15) is 64.4 Å². The molecule has 1 fully saturated rings. The minimum absolute atomic E-state index is 0.0686. The van der Waals surface area contributed by atoms with Gasteiger partial charge in [0.05, 0.1) is 17.8 Å². The van der Waals surface area contributed by atoms with Crippen LogP contribution in [-0.4, -0.2) is 32.5 Å². The molecule has 1 aliphatic rings. The largest absolute Gasteiger partial charge is 0.495 e. The molecular weight excluding hydrogens is 357 g/mol. The number of carbonyl (C=O) groups is 1. The van der Waals surface area contributed by atoms with Crippen LogP contribution in [0.4, 0.5) is 0 Å². The highest BCUT2D eigenvalue weighted by Gasteiger charge is 2.52. The van der Waals surface area contributed by atoms with Crippen molar-refractivity contribution in [2.45, 2.75) is 84.4 Å². The van der Waals surface area contributed by atoms with Gasteiger partial charge in [0.2, 0.25) is 5.91 Å². The van der Waals surface area contributed by atoms with Crippen LogP contribution in [0.25, 0.3) is 0 Å². The summed E-state index contributed by atoms with van der Waals surface area (Å²) in [6.45, 7) is 19.3. The zero-order valence-corrected chi connectivity index (χ0v) is 19.2. The fourth-order valence-corrected chi connectivity index (χ4v) is 3.59. The molecule has 1 amide bonds. The third-order valence-corrected chi connectivity index (χ3v) is 10.8. The molecule has 5 nitrogen and oxygen atoms in total. The van der Waals surface area contributed by atoms with Crippen molar-refractivity contribution in [2.75, 3.05) is 0 Å². The summed E-state index contributed by atoms with van der Waals surface area (Å²) in [6, 6.07) is 5.48. The standard InChI is InChI=1S/C20H34BNO4Si/c1-18(2,3)27(8,9)24-13-15-14(17(22)23)11-10-12-16(15)21-25-19(4,5)20(6,7)26-21/h10-12H,13H2,1-9H3,(H2,22,23). The second kappa shape index (κ2) is 7.03. The Labute approximate surface area is 165 Å². The molecule has 0 atom stereocenters.